The standard InChI is InChI=1S/C19H18N2O4/c22-18-6-1-2-9-21(18)15-5-3-4-14(11-15)20-19(23)13-7-8-16-17(10-13)25-12-24-16/h3-5,7-8,10-11H,1-2,6,9,12H2,(H,20,23). The van der Waals surface area contributed by atoms with Crippen molar-refractivity contribution in [2.24, 2.45) is 0 Å². The molecule has 2 aromatic rings. The van der Waals surface area contributed by atoms with Crippen molar-refractivity contribution in [2.45, 2.75) is 19.3 Å². The topological polar surface area (TPSA) is 67.9 Å². The molecule has 0 aliphatic carbocycles. The summed E-state index contributed by atoms with van der Waals surface area (Å²) in [6.07, 6.45) is 2.52. The van der Waals surface area contributed by atoms with Gasteiger partial charge in [-0.3, -0.25) is 9.59 Å². The number of carbonyl (C=O) groups is 2. The van der Waals surface area contributed by atoms with E-state index >= 15 is 0 Å². The highest BCUT2D eigenvalue weighted by Crippen LogP contribution is 2.32. The Kier molecular flexibility index (Phi) is 4.01. The molecule has 0 spiro atoms. The van der Waals surface area contributed by atoms with Crippen molar-refractivity contribution in [1.29, 1.82) is 0 Å². The number of rotatable bonds is 3. The van der Waals surface area contributed by atoms with Crippen LogP contribution in [0.15, 0.2) is 42.5 Å². The number of hydrogen-bond acceptors (Lipinski definition) is 4. The lowest BCUT2D eigenvalue weighted by atomic mass is 10.1. The smallest absolute Gasteiger partial charge is 0.255 e. The third-order valence-electron chi connectivity index (χ3n) is 4.37. The van der Waals surface area contributed by atoms with Gasteiger partial charge in [0, 0.05) is 29.9 Å². The van der Waals surface area contributed by atoms with Gasteiger partial charge in [0.05, 0.1) is 0 Å². The average molecular weight is 338 g/mol. The number of fused-ring (bicyclic) bond motifs is 1. The first-order chi connectivity index (χ1) is 12.2. The SMILES string of the molecule is O=C(Nc1cccc(N2CCCCC2=O)c1)c1ccc2c(c1)OCO2. The highest BCUT2D eigenvalue weighted by molar-refractivity contribution is 6.05. The second-order valence-corrected chi connectivity index (χ2v) is 6.07. The van der Waals surface area contributed by atoms with Gasteiger partial charge in [0.15, 0.2) is 11.5 Å². The minimum Gasteiger partial charge on any atom is -0.454 e. The van der Waals surface area contributed by atoms with Crippen molar-refractivity contribution in [3.63, 3.8) is 0 Å². The number of amides is 2. The number of carbonyl (C=O) groups excluding carboxylic acids is 2. The molecule has 6 heteroatoms. The van der Waals surface area contributed by atoms with Gasteiger partial charge in [-0.2, -0.15) is 0 Å². The fourth-order valence-corrected chi connectivity index (χ4v) is 3.07. The van der Waals surface area contributed by atoms with E-state index < -0.39 is 0 Å². The van der Waals surface area contributed by atoms with E-state index in [9.17, 15) is 9.59 Å². The molecule has 2 aliphatic heterocycles. The number of benzene rings is 2. The zero-order chi connectivity index (χ0) is 17.2. The van der Waals surface area contributed by atoms with Crippen LogP contribution in [0, 0.1) is 0 Å². The maximum atomic E-state index is 12.5. The number of piperidine rings is 1. The van der Waals surface area contributed by atoms with E-state index in [-0.39, 0.29) is 18.6 Å². The highest BCUT2D eigenvalue weighted by atomic mass is 16.7. The van der Waals surface area contributed by atoms with Crippen LogP contribution in [0.25, 0.3) is 0 Å². The minimum absolute atomic E-state index is 0.130. The van der Waals surface area contributed by atoms with Gasteiger partial charge in [-0.05, 0) is 49.2 Å². The number of ether oxygens (including phenoxy) is 2. The normalized spacial score (nSPS) is 16.0. The lowest BCUT2D eigenvalue weighted by Crippen LogP contribution is -2.35. The van der Waals surface area contributed by atoms with E-state index in [2.05, 4.69) is 5.32 Å². The van der Waals surface area contributed by atoms with Crippen LogP contribution in [0.5, 0.6) is 11.5 Å². The lowest BCUT2D eigenvalue weighted by Gasteiger charge is -2.27. The third kappa shape index (κ3) is 3.15. The summed E-state index contributed by atoms with van der Waals surface area (Å²) in [6.45, 7) is 0.894. The van der Waals surface area contributed by atoms with Gasteiger partial charge in [-0.1, -0.05) is 6.07 Å². The van der Waals surface area contributed by atoms with Gasteiger partial charge in [0.2, 0.25) is 12.7 Å². The maximum Gasteiger partial charge on any atom is 0.255 e. The molecule has 0 unspecified atom stereocenters. The Morgan fingerprint density at radius 3 is 2.80 bits per heavy atom. The van der Waals surface area contributed by atoms with Gasteiger partial charge < -0.3 is 19.7 Å². The van der Waals surface area contributed by atoms with Crippen LogP contribution in [-0.2, 0) is 4.79 Å². The van der Waals surface area contributed by atoms with Crippen molar-refractivity contribution in [3.05, 3.63) is 48.0 Å². The third-order valence-corrected chi connectivity index (χ3v) is 4.37. The number of anilines is 2. The average Bonchev–Trinajstić information content (AvgIpc) is 3.10. The van der Waals surface area contributed by atoms with Crippen LogP contribution >= 0.6 is 0 Å². The Bertz CT molecular complexity index is 834. The fourth-order valence-electron chi connectivity index (χ4n) is 3.07. The molecule has 6 nitrogen and oxygen atoms in total. The van der Waals surface area contributed by atoms with E-state index in [0.717, 1.165) is 25.1 Å². The number of nitrogens with one attached hydrogen (secondary N) is 1. The zero-order valence-electron chi connectivity index (χ0n) is 13.7. The highest BCUT2D eigenvalue weighted by Gasteiger charge is 2.20. The number of nitrogens with zero attached hydrogens (tertiary/aromatic N) is 1. The Balaban J connectivity index is 1.51. The Morgan fingerprint density at radius 2 is 1.92 bits per heavy atom. The first kappa shape index (κ1) is 15.5. The first-order valence-corrected chi connectivity index (χ1v) is 8.32. The Hall–Kier alpha value is -3.02. The summed E-state index contributed by atoms with van der Waals surface area (Å²) in [7, 11) is 0. The van der Waals surface area contributed by atoms with Gasteiger partial charge in [0.1, 0.15) is 0 Å². The predicted octanol–water partition coefficient (Wildman–Crippen LogP) is 3.18. The molecule has 25 heavy (non-hydrogen) atoms. The van der Waals surface area contributed by atoms with E-state index in [0.29, 0.717) is 29.2 Å². The van der Waals surface area contributed by atoms with E-state index in [1.165, 1.54) is 0 Å². The van der Waals surface area contributed by atoms with Crippen LogP contribution < -0.4 is 19.7 Å². The summed E-state index contributed by atoms with van der Waals surface area (Å²) in [5.41, 5.74) is 1.95. The molecule has 1 N–H and O–H groups in total. The molecule has 2 amide bonds. The molecule has 1 fully saturated rings. The Morgan fingerprint density at radius 1 is 1.04 bits per heavy atom. The predicted molar refractivity (Wildman–Crippen MR) is 93.2 cm³/mol. The van der Waals surface area contributed by atoms with Crippen molar-refractivity contribution in [3.8, 4) is 11.5 Å². The molecular weight excluding hydrogens is 320 g/mol. The summed E-state index contributed by atoms with van der Waals surface area (Å²) >= 11 is 0. The van der Waals surface area contributed by atoms with Crippen molar-refractivity contribution < 1.29 is 19.1 Å². The molecule has 4 rings (SSSR count). The molecular formula is C19H18N2O4. The molecule has 2 aromatic carbocycles. The van der Waals surface area contributed by atoms with Crippen LogP contribution in [0.1, 0.15) is 29.6 Å². The zero-order valence-corrected chi connectivity index (χ0v) is 13.7. The maximum absolute atomic E-state index is 12.5. The number of hydrogen-bond donors (Lipinski definition) is 1. The summed E-state index contributed by atoms with van der Waals surface area (Å²) in [4.78, 5) is 26.3. The molecule has 0 atom stereocenters. The van der Waals surface area contributed by atoms with Gasteiger partial charge in [-0.25, -0.2) is 0 Å². The summed E-state index contributed by atoms with van der Waals surface area (Å²) in [6, 6.07) is 12.4. The van der Waals surface area contributed by atoms with Gasteiger partial charge in [-0.15, -0.1) is 0 Å². The largest absolute Gasteiger partial charge is 0.454 e. The van der Waals surface area contributed by atoms with Gasteiger partial charge in [0.25, 0.3) is 5.91 Å². The van der Waals surface area contributed by atoms with Crippen molar-refractivity contribution in [2.75, 3.05) is 23.6 Å². The first-order valence-electron chi connectivity index (χ1n) is 8.32. The van der Waals surface area contributed by atoms with Crippen LogP contribution in [0.4, 0.5) is 11.4 Å². The molecule has 0 saturated carbocycles. The van der Waals surface area contributed by atoms with E-state index in [1.54, 1.807) is 23.1 Å². The van der Waals surface area contributed by atoms with Crippen molar-refractivity contribution in [1.82, 2.24) is 0 Å². The minimum atomic E-state index is -0.236. The molecule has 0 radical (unpaired) electrons. The molecule has 0 bridgehead atoms. The summed E-state index contributed by atoms with van der Waals surface area (Å²) in [5, 5.41) is 2.87. The second-order valence-electron chi connectivity index (χ2n) is 6.07. The van der Waals surface area contributed by atoms with Crippen molar-refractivity contribution >= 4 is 23.2 Å². The molecule has 2 aliphatic rings. The molecule has 0 aromatic heterocycles. The Labute approximate surface area is 145 Å². The molecule has 2 heterocycles. The van der Waals surface area contributed by atoms with Crippen LogP contribution in [-0.4, -0.2) is 25.2 Å². The van der Waals surface area contributed by atoms with E-state index in [4.69, 9.17) is 9.47 Å². The molecule has 1 saturated heterocycles. The monoisotopic (exact) mass is 338 g/mol. The lowest BCUT2D eigenvalue weighted by molar-refractivity contribution is -0.119. The second kappa shape index (κ2) is 6.47. The van der Waals surface area contributed by atoms with Crippen LogP contribution in [0.3, 0.4) is 0 Å². The summed E-state index contributed by atoms with van der Waals surface area (Å²) in [5.74, 6) is 1.10. The quantitative estimate of drug-likeness (QED) is 0.933. The molecule has 128 valence electrons. The summed E-state index contributed by atoms with van der Waals surface area (Å²) < 4.78 is 10.6. The van der Waals surface area contributed by atoms with Crippen LogP contribution in [0.2, 0.25) is 0 Å². The van der Waals surface area contributed by atoms with Gasteiger partial charge >= 0.3 is 0 Å². The van der Waals surface area contributed by atoms with E-state index in [1.807, 2.05) is 24.3 Å². The fraction of sp³-hybridized carbons (Fsp3) is 0.263.